The highest BCUT2D eigenvalue weighted by Gasteiger charge is 2.16. The Morgan fingerprint density at radius 3 is 2.53 bits per heavy atom. The molecule has 0 saturated heterocycles. The van der Waals surface area contributed by atoms with Crippen molar-refractivity contribution in [2.45, 2.75) is 20.8 Å². The quantitative estimate of drug-likeness (QED) is 0.814. The Balaban J connectivity index is 2.66. The van der Waals surface area contributed by atoms with Gasteiger partial charge in [-0.15, -0.1) is 0 Å². The van der Waals surface area contributed by atoms with Crippen LogP contribution in [0.4, 0.5) is 10.1 Å². The van der Waals surface area contributed by atoms with Gasteiger partial charge in [-0.25, -0.2) is 4.39 Å². The summed E-state index contributed by atoms with van der Waals surface area (Å²) >= 11 is 0. The van der Waals surface area contributed by atoms with Gasteiger partial charge in [0.15, 0.2) is 0 Å². The largest absolute Gasteiger partial charge is 0.326 e. The molecule has 1 aromatic rings. The van der Waals surface area contributed by atoms with E-state index in [0.29, 0.717) is 5.69 Å². The zero-order chi connectivity index (χ0) is 11.4. The van der Waals surface area contributed by atoms with Crippen molar-refractivity contribution in [2.75, 3.05) is 5.32 Å². The number of hydrogen-bond donors (Lipinski definition) is 1. The number of hydrogen-bond acceptors (Lipinski definition) is 1. The van der Waals surface area contributed by atoms with E-state index in [1.165, 1.54) is 12.1 Å². The highest BCUT2D eigenvalue weighted by atomic mass is 19.1. The van der Waals surface area contributed by atoms with Crippen molar-refractivity contribution >= 4 is 11.6 Å². The molecule has 2 nitrogen and oxygen atoms in total. The highest BCUT2D eigenvalue weighted by Crippen LogP contribution is 2.14. The summed E-state index contributed by atoms with van der Waals surface area (Å²) in [5.41, 5.74) is 0.507. The van der Waals surface area contributed by atoms with E-state index in [4.69, 9.17) is 0 Å². The minimum atomic E-state index is -0.343. The van der Waals surface area contributed by atoms with Gasteiger partial charge in [-0.3, -0.25) is 4.79 Å². The molecule has 82 valence electrons. The fraction of sp³-hybridized carbons (Fsp3) is 0.417. The summed E-state index contributed by atoms with van der Waals surface area (Å²) in [5.74, 6) is -0.215. The summed E-state index contributed by atoms with van der Waals surface area (Å²) in [5, 5.41) is 2.68. The average Bonchev–Trinajstić information content (AvgIpc) is 2.16. The van der Waals surface area contributed by atoms with Crippen LogP contribution in [0, 0.1) is 17.7 Å². The first-order valence-electron chi connectivity index (χ1n) is 5.07. The molecule has 0 aliphatic heterocycles. The molecule has 0 heterocycles. The average molecular weight is 209 g/mol. The maximum atomic E-state index is 12.8. The van der Waals surface area contributed by atoms with E-state index in [1.807, 2.05) is 20.8 Å². The maximum absolute atomic E-state index is 12.8. The molecule has 3 heteroatoms. The zero-order valence-electron chi connectivity index (χ0n) is 9.25. The molecule has 0 aliphatic carbocycles. The summed E-state index contributed by atoms with van der Waals surface area (Å²) in [4.78, 5) is 11.6. The molecule has 1 unspecified atom stereocenters. The van der Waals surface area contributed by atoms with Crippen molar-refractivity contribution in [3.05, 3.63) is 30.1 Å². The van der Waals surface area contributed by atoms with E-state index in [-0.39, 0.29) is 23.6 Å². The molecule has 0 fully saturated rings. The summed E-state index contributed by atoms with van der Waals surface area (Å²) < 4.78 is 12.8. The van der Waals surface area contributed by atoms with Crippen molar-refractivity contribution in [1.82, 2.24) is 0 Å². The van der Waals surface area contributed by atoms with Crippen LogP contribution in [-0.2, 0) is 4.79 Å². The monoisotopic (exact) mass is 209 g/mol. The Hall–Kier alpha value is -1.38. The normalized spacial score (nSPS) is 12.6. The first-order chi connectivity index (χ1) is 7.00. The van der Waals surface area contributed by atoms with Crippen LogP contribution in [0.2, 0.25) is 0 Å². The van der Waals surface area contributed by atoms with Gasteiger partial charge in [0.2, 0.25) is 5.91 Å². The lowest BCUT2D eigenvalue weighted by molar-refractivity contribution is -0.120. The minimum absolute atomic E-state index is 0.0735. The second-order valence-electron chi connectivity index (χ2n) is 4.03. The van der Waals surface area contributed by atoms with Gasteiger partial charge in [0.25, 0.3) is 0 Å². The second kappa shape index (κ2) is 4.91. The fourth-order valence-corrected chi connectivity index (χ4v) is 1.13. The number of carbonyl (C=O) groups is 1. The van der Waals surface area contributed by atoms with Crippen LogP contribution >= 0.6 is 0 Å². The minimum Gasteiger partial charge on any atom is -0.326 e. The third-order valence-electron chi connectivity index (χ3n) is 2.51. The Bertz CT molecular complexity index is 349. The molecule has 1 rings (SSSR count). The number of halogens is 1. The molecular formula is C12H16FNO. The molecule has 1 amide bonds. The number of nitrogens with one attached hydrogen (secondary N) is 1. The molecule has 1 aromatic carbocycles. The Kier molecular flexibility index (Phi) is 3.83. The number of rotatable bonds is 3. The lowest BCUT2D eigenvalue weighted by Gasteiger charge is -2.15. The van der Waals surface area contributed by atoms with Gasteiger partial charge >= 0.3 is 0 Å². The van der Waals surface area contributed by atoms with Crippen molar-refractivity contribution in [3.8, 4) is 0 Å². The van der Waals surface area contributed by atoms with Crippen molar-refractivity contribution in [2.24, 2.45) is 11.8 Å². The third-order valence-corrected chi connectivity index (χ3v) is 2.51. The predicted octanol–water partition coefficient (Wildman–Crippen LogP) is 3.06. The molecule has 15 heavy (non-hydrogen) atoms. The Morgan fingerprint density at radius 1 is 1.33 bits per heavy atom. The third kappa shape index (κ3) is 3.35. The number of carbonyl (C=O) groups excluding carboxylic acids is 1. The molecule has 0 saturated carbocycles. The van der Waals surface area contributed by atoms with Crippen LogP contribution < -0.4 is 5.32 Å². The van der Waals surface area contributed by atoms with Crippen molar-refractivity contribution in [3.63, 3.8) is 0 Å². The van der Waals surface area contributed by atoms with Crippen LogP contribution in [0.3, 0.4) is 0 Å². The highest BCUT2D eigenvalue weighted by molar-refractivity contribution is 5.92. The number of amides is 1. The van der Waals surface area contributed by atoms with Crippen LogP contribution in [0.15, 0.2) is 24.3 Å². The van der Waals surface area contributed by atoms with E-state index in [9.17, 15) is 9.18 Å². The van der Waals surface area contributed by atoms with E-state index in [1.54, 1.807) is 12.1 Å². The van der Waals surface area contributed by atoms with Gasteiger partial charge in [-0.1, -0.05) is 26.8 Å². The first kappa shape index (κ1) is 11.7. The van der Waals surface area contributed by atoms with E-state index in [2.05, 4.69) is 5.32 Å². The van der Waals surface area contributed by atoms with Crippen LogP contribution in [0.1, 0.15) is 20.8 Å². The molecule has 1 atom stereocenters. The maximum Gasteiger partial charge on any atom is 0.227 e. The van der Waals surface area contributed by atoms with Crippen LogP contribution in [0.5, 0.6) is 0 Å². The fourth-order valence-electron chi connectivity index (χ4n) is 1.13. The molecule has 0 aliphatic rings. The Labute approximate surface area is 89.5 Å². The van der Waals surface area contributed by atoms with E-state index >= 15 is 0 Å². The summed E-state index contributed by atoms with van der Waals surface area (Å²) in [6.45, 7) is 5.82. The van der Waals surface area contributed by atoms with Gasteiger partial charge in [0.1, 0.15) is 5.82 Å². The zero-order valence-corrected chi connectivity index (χ0v) is 9.25. The lowest BCUT2D eigenvalue weighted by atomic mass is 9.97. The van der Waals surface area contributed by atoms with E-state index < -0.39 is 0 Å². The van der Waals surface area contributed by atoms with Crippen LogP contribution in [-0.4, -0.2) is 5.91 Å². The molecule has 1 N–H and O–H groups in total. The van der Waals surface area contributed by atoms with Gasteiger partial charge in [0.05, 0.1) is 0 Å². The Morgan fingerprint density at radius 2 is 2.00 bits per heavy atom. The van der Waals surface area contributed by atoms with Gasteiger partial charge in [0, 0.05) is 11.6 Å². The molecule has 0 aromatic heterocycles. The number of benzene rings is 1. The topological polar surface area (TPSA) is 29.1 Å². The number of anilines is 1. The van der Waals surface area contributed by atoms with Gasteiger partial charge in [-0.05, 0) is 24.1 Å². The summed E-state index contributed by atoms with van der Waals surface area (Å²) in [7, 11) is 0. The molecule has 0 spiro atoms. The summed E-state index contributed by atoms with van der Waals surface area (Å²) in [6, 6.07) is 5.91. The first-order valence-corrected chi connectivity index (χ1v) is 5.07. The predicted molar refractivity (Wildman–Crippen MR) is 59.0 cm³/mol. The smallest absolute Gasteiger partial charge is 0.227 e. The SMILES string of the molecule is CC(C)C(C)C(=O)Nc1cccc(F)c1. The van der Waals surface area contributed by atoms with Gasteiger partial charge < -0.3 is 5.32 Å². The standard InChI is InChI=1S/C12H16FNO/c1-8(2)9(3)12(15)14-11-6-4-5-10(13)7-11/h4-9H,1-3H3,(H,14,15). The van der Waals surface area contributed by atoms with Crippen molar-refractivity contribution in [1.29, 1.82) is 0 Å². The van der Waals surface area contributed by atoms with Gasteiger partial charge in [-0.2, -0.15) is 0 Å². The van der Waals surface area contributed by atoms with Crippen molar-refractivity contribution < 1.29 is 9.18 Å². The lowest BCUT2D eigenvalue weighted by Crippen LogP contribution is -2.24. The van der Waals surface area contributed by atoms with E-state index in [0.717, 1.165) is 0 Å². The molecule has 0 radical (unpaired) electrons. The summed E-state index contributed by atoms with van der Waals surface area (Å²) in [6.07, 6.45) is 0. The molecule has 0 bridgehead atoms. The second-order valence-corrected chi connectivity index (χ2v) is 4.03. The van der Waals surface area contributed by atoms with Crippen LogP contribution in [0.25, 0.3) is 0 Å². The molecular weight excluding hydrogens is 193 g/mol.